The summed E-state index contributed by atoms with van der Waals surface area (Å²) in [7, 11) is 0. The Morgan fingerprint density at radius 3 is 2.59 bits per heavy atom. The summed E-state index contributed by atoms with van der Waals surface area (Å²) >= 11 is 5.26. The van der Waals surface area contributed by atoms with Crippen LogP contribution in [-0.2, 0) is 6.18 Å². The number of alkyl halides is 3. The number of thiocarbonyl (C=S) groups is 1. The first-order valence-electron chi connectivity index (χ1n) is 11.5. The van der Waals surface area contributed by atoms with E-state index < -0.39 is 23.2 Å². The van der Waals surface area contributed by atoms with Gasteiger partial charge in [-0.05, 0) is 61.8 Å². The van der Waals surface area contributed by atoms with Gasteiger partial charge in [0, 0.05) is 24.2 Å². The quantitative estimate of drug-likeness (QED) is 0.341. The summed E-state index contributed by atoms with van der Waals surface area (Å²) in [6, 6.07) is 12.0. The summed E-state index contributed by atoms with van der Waals surface area (Å²) < 4.78 is 40.3. The van der Waals surface area contributed by atoms with Gasteiger partial charge in [0.1, 0.15) is 0 Å². The van der Waals surface area contributed by atoms with E-state index in [-0.39, 0.29) is 10.8 Å². The second kappa shape index (κ2) is 11.2. The Kier molecular flexibility index (Phi) is 8.54. The molecule has 1 heterocycles. The predicted octanol–water partition coefficient (Wildman–Crippen LogP) is 5.71. The highest BCUT2D eigenvalue weighted by Gasteiger charge is 2.34. The van der Waals surface area contributed by atoms with Crippen LogP contribution in [0.25, 0.3) is 0 Å². The first-order chi connectivity index (χ1) is 16.1. The zero-order valence-corrected chi connectivity index (χ0v) is 20.1. The highest BCUT2D eigenvalue weighted by atomic mass is 32.1. The normalized spacial score (nSPS) is 18.4. The van der Waals surface area contributed by atoms with E-state index in [1.165, 1.54) is 6.07 Å². The van der Waals surface area contributed by atoms with Crippen molar-refractivity contribution in [2.75, 3.05) is 23.3 Å². The smallest absolute Gasteiger partial charge is 0.368 e. The van der Waals surface area contributed by atoms with Crippen LogP contribution in [0.15, 0.2) is 48.5 Å². The van der Waals surface area contributed by atoms with Crippen molar-refractivity contribution in [3.63, 3.8) is 0 Å². The maximum atomic E-state index is 13.4. The summed E-state index contributed by atoms with van der Waals surface area (Å²) in [5, 5.41) is 5.28. The van der Waals surface area contributed by atoms with E-state index in [0.717, 1.165) is 50.7 Å². The third kappa shape index (κ3) is 6.93. The minimum atomic E-state index is -4.51. The number of halogens is 3. The third-order valence-electron chi connectivity index (χ3n) is 6.06. The van der Waals surface area contributed by atoms with Crippen molar-refractivity contribution >= 4 is 34.6 Å². The molecule has 5 nitrogen and oxygen atoms in total. The molecule has 0 aromatic heterocycles. The number of amides is 1. The molecule has 1 fully saturated rings. The molecule has 0 unspecified atom stereocenters. The number of nitrogens with one attached hydrogen (secondary N) is 2. The van der Waals surface area contributed by atoms with E-state index in [4.69, 9.17) is 18.0 Å². The Morgan fingerprint density at radius 2 is 1.91 bits per heavy atom. The van der Waals surface area contributed by atoms with Crippen LogP contribution in [0.1, 0.15) is 61.4 Å². The molecule has 0 radical (unpaired) electrons. The van der Waals surface area contributed by atoms with Crippen LogP contribution in [0, 0.1) is 0 Å². The second-order valence-corrected chi connectivity index (χ2v) is 9.26. The molecule has 0 saturated carbocycles. The molecule has 184 valence electrons. The summed E-state index contributed by atoms with van der Waals surface area (Å²) in [6.07, 6.45) is 1.30. The number of rotatable bonds is 7. The number of unbranched alkanes of at least 4 members (excludes halogenated alkanes) is 2. The van der Waals surface area contributed by atoms with Gasteiger partial charge in [-0.3, -0.25) is 10.1 Å². The van der Waals surface area contributed by atoms with Gasteiger partial charge in [0.2, 0.25) is 0 Å². The fourth-order valence-electron chi connectivity index (χ4n) is 4.30. The summed E-state index contributed by atoms with van der Waals surface area (Å²) in [4.78, 5) is 14.4. The highest BCUT2D eigenvalue weighted by molar-refractivity contribution is 7.80. The fraction of sp³-hybridized carbons (Fsp3) is 0.440. The van der Waals surface area contributed by atoms with E-state index >= 15 is 0 Å². The van der Waals surface area contributed by atoms with Crippen molar-refractivity contribution in [3.05, 3.63) is 59.7 Å². The van der Waals surface area contributed by atoms with Gasteiger partial charge in [-0.1, -0.05) is 44.4 Å². The summed E-state index contributed by atoms with van der Waals surface area (Å²) in [6.45, 7) is 3.35. The molecule has 9 heteroatoms. The molecule has 2 aromatic rings. The molecule has 4 N–H and O–H groups in total. The topological polar surface area (TPSA) is 70.4 Å². The Labute approximate surface area is 203 Å². The molecular weight excluding hydrogens is 461 g/mol. The van der Waals surface area contributed by atoms with E-state index in [1.54, 1.807) is 30.3 Å². The van der Waals surface area contributed by atoms with E-state index in [2.05, 4.69) is 17.6 Å². The number of nitrogens with zero attached hydrogens (tertiary/aromatic N) is 1. The van der Waals surface area contributed by atoms with Gasteiger partial charge in [-0.15, -0.1) is 0 Å². The van der Waals surface area contributed by atoms with Crippen LogP contribution in [0.5, 0.6) is 0 Å². The van der Waals surface area contributed by atoms with Crippen LogP contribution in [0.2, 0.25) is 0 Å². The average Bonchev–Trinajstić information content (AvgIpc) is 2.79. The molecule has 0 spiro atoms. The van der Waals surface area contributed by atoms with Crippen molar-refractivity contribution in [1.29, 1.82) is 0 Å². The highest BCUT2D eigenvalue weighted by Crippen LogP contribution is 2.37. The van der Waals surface area contributed by atoms with Gasteiger partial charge in [0.25, 0.3) is 5.91 Å². The summed E-state index contributed by atoms with van der Waals surface area (Å²) in [5.74, 6) is -0.443. The van der Waals surface area contributed by atoms with Gasteiger partial charge in [0.15, 0.2) is 5.11 Å². The van der Waals surface area contributed by atoms with Crippen LogP contribution in [0.4, 0.5) is 24.5 Å². The van der Waals surface area contributed by atoms with Crippen LogP contribution in [0.3, 0.4) is 0 Å². The molecule has 3 rings (SSSR count). The molecule has 2 aromatic carbocycles. The number of piperidine rings is 1. The first-order valence-corrected chi connectivity index (χ1v) is 11.9. The minimum absolute atomic E-state index is 0.0756. The van der Waals surface area contributed by atoms with Gasteiger partial charge in [-0.2, -0.15) is 13.2 Å². The number of hydrogen-bond donors (Lipinski definition) is 3. The number of anilines is 2. The number of carbonyl (C=O) groups is 1. The monoisotopic (exact) mass is 492 g/mol. The predicted molar refractivity (Wildman–Crippen MR) is 134 cm³/mol. The van der Waals surface area contributed by atoms with Crippen molar-refractivity contribution < 1.29 is 18.0 Å². The van der Waals surface area contributed by atoms with Crippen molar-refractivity contribution in [2.45, 2.75) is 57.2 Å². The number of benzene rings is 2. The minimum Gasteiger partial charge on any atom is -0.368 e. The fourth-order valence-corrected chi connectivity index (χ4v) is 4.51. The van der Waals surface area contributed by atoms with Crippen molar-refractivity contribution in [2.24, 2.45) is 5.73 Å². The molecule has 1 aliphatic rings. The maximum absolute atomic E-state index is 13.4. The van der Waals surface area contributed by atoms with Crippen molar-refractivity contribution in [3.8, 4) is 0 Å². The number of nitrogens with two attached hydrogens (primary N) is 1. The standard InChI is InChI=1S/C25H31F3N4OS/c1-2-3-7-13-24(29)14-8-15-32(17-24)21-12-11-19(25(26,27)28)16-20(21)30-23(34)31-22(33)18-9-5-4-6-10-18/h4-6,9-12,16H,2-3,7-8,13-15,17,29H2,1H3,(H2,30,31,33,34)/t24-/m1/s1. The number of carbonyl (C=O) groups excluding carboxylic acids is 1. The average molecular weight is 493 g/mol. The van der Waals surface area contributed by atoms with Gasteiger partial charge in [-0.25, -0.2) is 0 Å². The molecule has 1 saturated heterocycles. The first kappa shape index (κ1) is 26.0. The molecule has 0 aliphatic carbocycles. The van der Waals surface area contributed by atoms with Gasteiger partial charge < -0.3 is 16.0 Å². The Morgan fingerprint density at radius 1 is 1.18 bits per heavy atom. The van der Waals surface area contributed by atoms with E-state index in [0.29, 0.717) is 24.3 Å². The van der Waals surface area contributed by atoms with Gasteiger partial charge in [0.05, 0.1) is 16.9 Å². The second-order valence-electron chi connectivity index (χ2n) is 8.85. The molecule has 0 bridgehead atoms. The zero-order valence-electron chi connectivity index (χ0n) is 19.3. The lowest BCUT2D eigenvalue weighted by Gasteiger charge is -2.42. The lowest BCUT2D eigenvalue weighted by Crippen LogP contribution is -2.54. The SMILES string of the molecule is CCCCC[C@@]1(N)CCCN(c2ccc(C(F)(F)F)cc2NC(=S)NC(=O)c2ccccc2)C1. The molecule has 1 amide bonds. The maximum Gasteiger partial charge on any atom is 0.416 e. The Balaban J connectivity index is 1.82. The zero-order chi connectivity index (χ0) is 24.8. The van der Waals surface area contributed by atoms with Crippen molar-refractivity contribution in [1.82, 2.24) is 5.32 Å². The molecule has 1 aliphatic heterocycles. The van der Waals surface area contributed by atoms with E-state index in [9.17, 15) is 18.0 Å². The largest absolute Gasteiger partial charge is 0.416 e. The van der Waals surface area contributed by atoms with E-state index in [1.807, 2.05) is 4.90 Å². The Hall–Kier alpha value is -2.65. The molecular formula is C25H31F3N4OS. The molecule has 1 atom stereocenters. The Bertz CT molecular complexity index is 999. The summed E-state index contributed by atoms with van der Waals surface area (Å²) in [5.41, 5.74) is 6.65. The lowest BCUT2D eigenvalue weighted by molar-refractivity contribution is -0.137. The van der Waals surface area contributed by atoms with Crippen LogP contribution < -0.4 is 21.3 Å². The van der Waals surface area contributed by atoms with Gasteiger partial charge >= 0.3 is 6.18 Å². The third-order valence-corrected chi connectivity index (χ3v) is 6.27. The molecule has 34 heavy (non-hydrogen) atoms. The number of hydrogen-bond acceptors (Lipinski definition) is 4. The van der Waals surface area contributed by atoms with Crippen LogP contribution >= 0.6 is 12.2 Å². The van der Waals surface area contributed by atoms with Crippen LogP contribution in [-0.4, -0.2) is 29.6 Å². The lowest BCUT2D eigenvalue weighted by atomic mass is 9.84.